The molecule has 0 aliphatic carbocycles. The monoisotopic (exact) mass is 401 g/mol. The molecule has 1 unspecified atom stereocenters. The van der Waals surface area contributed by atoms with Crippen molar-refractivity contribution in [3.05, 3.63) is 72.6 Å². The Balaban J connectivity index is 1.87. The Hall–Kier alpha value is -3.67. The normalized spacial score (nSPS) is 12.1. The third kappa shape index (κ3) is 3.89. The smallest absolute Gasteiger partial charge is 0.344 e. The number of carbonyl (C=O) groups is 1. The Kier molecular flexibility index (Phi) is 5.48. The van der Waals surface area contributed by atoms with Crippen molar-refractivity contribution in [1.82, 2.24) is 14.5 Å². The zero-order valence-electron chi connectivity index (χ0n) is 16.9. The van der Waals surface area contributed by atoms with Crippen molar-refractivity contribution in [3.63, 3.8) is 0 Å². The van der Waals surface area contributed by atoms with Crippen LogP contribution in [0.1, 0.15) is 25.3 Å². The molecule has 30 heavy (non-hydrogen) atoms. The van der Waals surface area contributed by atoms with Crippen LogP contribution in [0.15, 0.2) is 67.0 Å². The fraction of sp³-hybridized carbons (Fsp3) is 0.208. The second-order valence-electron chi connectivity index (χ2n) is 7.23. The van der Waals surface area contributed by atoms with Gasteiger partial charge in [-0.3, -0.25) is 9.55 Å². The van der Waals surface area contributed by atoms with Crippen molar-refractivity contribution in [2.24, 2.45) is 0 Å². The highest BCUT2D eigenvalue weighted by Crippen LogP contribution is 2.31. The maximum atomic E-state index is 11.5. The second-order valence-corrected chi connectivity index (χ2v) is 7.23. The van der Waals surface area contributed by atoms with Crippen LogP contribution in [-0.2, 0) is 4.79 Å². The van der Waals surface area contributed by atoms with Gasteiger partial charge in [-0.25, -0.2) is 9.78 Å². The number of hydrogen-bond acceptors (Lipinski definition) is 4. The Labute approximate surface area is 174 Å². The quantitative estimate of drug-likeness (QED) is 0.470. The lowest BCUT2D eigenvalue weighted by Crippen LogP contribution is -2.26. The van der Waals surface area contributed by atoms with Gasteiger partial charge in [0.1, 0.15) is 11.6 Å². The SMILES string of the molecule is CCCC(Oc1ccc2nc(-c3cccnc3)n(-c3ccc(C)cc3)c2c1)C(=O)O. The minimum atomic E-state index is -0.958. The number of aryl methyl sites for hydroxylation is 1. The van der Waals surface area contributed by atoms with E-state index in [1.54, 1.807) is 18.5 Å². The minimum Gasteiger partial charge on any atom is -0.479 e. The van der Waals surface area contributed by atoms with Gasteiger partial charge in [0, 0.05) is 29.7 Å². The number of carboxylic acid groups (broad SMARTS) is 1. The Morgan fingerprint density at radius 2 is 1.97 bits per heavy atom. The van der Waals surface area contributed by atoms with E-state index in [-0.39, 0.29) is 0 Å². The molecule has 0 spiro atoms. The number of fused-ring (bicyclic) bond motifs is 1. The van der Waals surface area contributed by atoms with E-state index < -0.39 is 12.1 Å². The third-order valence-electron chi connectivity index (χ3n) is 4.94. The highest BCUT2D eigenvalue weighted by molar-refractivity contribution is 5.84. The van der Waals surface area contributed by atoms with E-state index >= 15 is 0 Å². The lowest BCUT2D eigenvalue weighted by atomic mass is 10.2. The number of ether oxygens (including phenoxy) is 1. The van der Waals surface area contributed by atoms with Gasteiger partial charge >= 0.3 is 5.97 Å². The van der Waals surface area contributed by atoms with Gasteiger partial charge in [0.25, 0.3) is 0 Å². The number of nitrogens with zero attached hydrogens (tertiary/aromatic N) is 3. The summed E-state index contributed by atoms with van der Waals surface area (Å²) in [5, 5.41) is 9.44. The maximum Gasteiger partial charge on any atom is 0.344 e. The van der Waals surface area contributed by atoms with Crippen LogP contribution in [0.25, 0.3) is 28.1 Å². The molecule has 0 aliphatic rings. The maximum absolute atomic E-state index is 11.5. The third-order valence-corrected chi connectivity index (χ3v) is 4.94. The Morgan fingerprint density at radius 3 is 2.63 bits per heavy atom. The average molecular weight is 401 g/mol. The molecule has 0 bridgehead atoms. The summed E-state index contributed by atoms with van der Waals surface area (Å²) in [4.78, 5) is 20.6. The van der Waals surface area contributed by atoms with Gasteiger partial charge < -0.3 is 9.84 Å². The van der Waals surface area contributed by atoms with Crippen LogP contribution in [0.4, 0.5) is 0 Å². The number of hydrogen-bond donors (Lipinski definition) is 1. The molecule has 152 valence electrons. The number of benzene rings is 2. The first-order chi connectivity index (χ1) is 14.6. The summed E-state index contributed by atoms with van der Waals surface area (Å²) in [7, 11) is 0. The van der Waals surface area contributed by atoms with Gasteiger partial charge in [-0.15, -0.1) is 0 Å². The molecule has 6 heteroatoms. The van der Waals surface area contributed by atoms with E-state index in [4.69, 9.17) is 9.72 Å². The average Bonchev–Trinajstić information content (AvgIpc) is 3.13. The summed E-state index contributed by atoms with van der Waals surface area (Å²) >= 11 is 0. The molecule has 0 aliphatic heterocycles. The van der Waals surface area contributed by atoms with E-state index in [9.17, 15) is 9.90 Å². The molecule has 1 N–H and O–H groups in total. The highest BCUT2D eigenvalue weighted by Gasteiger charge is 2.20. The lowest BCUT2D eigenvalue weighted by Gasteiger charge is -2.15. The number of aromatic nitrogens is 3. The Morgan fingerprint density at radius 1 is 1.17 bits per heavy atom. The summed E-state index contributed by atoms with van der Waals surface area (Å²) in [6.45, 7) is 3.98. The van der Waals surface area contributed by atoms with Crippen LogP contribution in [-0.4, -0.2) is 31.7 Å². The highest BCUT2D eigenvalue weighted by atomic mass is 16.5. The summed E-state index contributed by atoms with van der Waals surface area (Å²) in [6.07, 6.45) is 3.82. The molecule has 0 fully saturated rings. The fourth-order valence-corrected chi connectivity index (χ4v) is 3.43. The molecule has 0 saturated carbocycles. The number of pyridine rings is 1. The van der Waals surface area contributed by atoms with Crippen molar-refractivity contribution >= 4 is 17.0 Å². The Bertz CT molecular complexity index is 1170. The van der Waals surface area contributed by atoms with Gasteiger partial charge in [-0.05, 0) is 49.7 Å². The van der Waals surface area contributed by atoms with Crippen molar-refractivity contribution in [2.45, 2.75) is 32.8 Å². The van der Waals surface area contributed by atoms with Crippen LogP contribution in [0.3, 0.4) is 0 Å². The van der Waals surface area contributed by atoms with E-state index in [1.807, 2.05) is 54.8 Å². The molecule has 0 saturated heterocycles. The molecule has 6 nitrogen and oxygen atoms in total. The van der Waals surface area contributed by atoms with Gasteiger partial charge in [0.05, 0.1) is 11.0 Å². The van der Waals surface area contributed by atoms with Gasteiger partial charge in [0.15, 0.2) is 6.10 Å². The summed E-state index contributed by atoms with van der Waals surface area (Å²) in [6, 6.07) is 17.5. The van der Waals surface area contributed by atoms with Crippen molar-refractivity contribution < 1.29 is 14.6 Å². The largest absolute Gasteiger partial charge is 0.479 e. The molecule has 1 atom stereocenters. The topological polar surface area (TPSA) is 77.2 Å². The molecule has 2 aromatic carbocycles. The second kappa shape index (κ2) is 8.37. The first kappa shape index (κ1) is 19.6. The summed E-state index contributed by atoms with van der Waals surface area (Å²) < 4.78 is 7.85. The first-order valence-corrected chi connectivity index (χ1v) is 9.96. The molecule has 0 amide bonds. The van der Waals surface area contributed by atoms with Crippen LogP contribution in [0, 0.1) is 6.92 Å². The molecule has 0 radical (unpaired) electrons. The van der Waals surface area contributed by atoms with E-state index in [0.717, 1.165) is 34.5 Å². The van der Waals surface area contributed by atoms with Crippen molar-refractivity contribution in [2.75, 3.05) is 0 Å². The molecule has 4 rings (SSSR count). The van der Waals surface area contributed by atoms with Gasteiger partial charge in [-0.2, -0.15) is 0 Å². The van der Waals surface area contributed by atoms with Crippen LogP contribution >= 0.6 is 0 Å². The fourth-order valence-electron chi connectivity index (χ4n) is 3.43. The van der Waals surface area contributed by atoms with Gasteiger partial charge in [-0.1, -0.05) is 31.0 Å². The zero-order chi connectivity index (χ0) is 21.1. The van der Waals surface area contributed by atoms with Crippen LogP contribution < -0.4 is 4.74 Å². The molecular weight excluding hydrogens is 378 g/mol. The number of aliphatic carboxylic acids is 1. The zero-order valence-corrected chi connectivity index (χ0v) is 16.9. The molecule has 2 aromatic heterocycles. The molecule has 2 heterocycles. The predicted octanol–water partition coefficient (Wildman–Crippen LogP) is 5.03. The van der Waals surface area contributed by atoms with Crippen LogP contribution in [0.5, 0.6) is 5.75 Å². The van der Waals surface area contributed by atoms with Crippen LogP contribution in [0.2, 0.25) is 0 Å². The van der Waals surface area contributed by atoms with E-state index in [0.29, 0.717) is 12.2 Å². The van der Waals surface area contributed by atoms with E-state index in [2.05, 4.69) is 17.1 Å². The predicted molar refractivity (Wildman–Crippen MR) is 116 cm³/mol. The van der Waals surface area contributed by atoms with E-state index in [1.165, 1.54) is 5.56 Å². The summed E-state index contributed by atoms with van der Waals surface area (Å²) in [5.74, 6) is 0.317. The number of carboxylic acids is 1. The number of rotatable bonds is 7. The van der Waals surface area contributed by atoms with Gasteiger partial charge in [0.2, 0.25) is 0 Å². The first-order valence-electron chi connectivity index (χ1n) is 9.96. The minimum absolute atomic E-state index is 0.450. The summed E-state index contributed by atoms with van der Waals surface area (Å²) in [5.41, 5.74) is 4.66. The lowest BCUT2D eigenvalue weighted by molar-refractivity contribution is -0.145. The molecular formula is C24H23N3O3. The number of imidazole rings is 1. The van der Waals surface area contributed by atoms with Crippen molar-refractivity contribution in [1.29, 1.82) is 0 Å². The standard InChI is InChI=1S/C24H23N3O3/c1-3-5-22(24(28)29)30-19-11-12-20-21(14-19)27(18-9-7-16(2)8-10-18)23(26-20)17-6-4-13-25-15-17/h4,6-15,22H,3,5H2,1-2H3,(H,28,29). The molecule has 4 aromatic rings. The van der Waals surface area contributed by atoms with Crippen molar-refractivity contribution in [3.8, 4) is 22.8 Å².